The molecule has 0 radical (unpaired) electrons. The lowest BCUT2D eigenvalue weighted by atomic mass is 10.1. The highest BCUT2D eigenvalue weighted by Gasteiger charge is 2.23. The van der Waals surface area contributed by atoms with E-state index in [9.17, 15) is 4.79 Å². The molecule has 0 aliphatic carbocycles. The highest BCUT2D eigenvalue weighted by molar-refractivity contribution is 5.74. The largest absolute Gasteiger partial charge is 0.376 e. The zero-order valence-electron chi connectivity index (χ0n) is 13.1. The lowest BCUT2D eigenvalue weighted by Crippen LogP contribution is -2.45. The van der Waals surface area contributed by atoms with E-state index < -0.39 is 0 Å². The van der Waals surface area contributed by atoms with E-state index in [2.05, 4.69) is 20.7 Å². The Hall–Kier alpha value is -2.41. The minimum absolute atomic E-state index is 0.00887. The molecule has 0 aromatic carbocycles. The molecule has 23 heavy (non-hydrogen) atoms. The monoisotopic (exact) mass is 315 g/mol. The second-order valence-corrected chi connectivity index (χ2v) is 5.64. The van der Waals surface area contributed by atoms with Crippen molar-refractivity contribution in [3.05, 3.63) is 42.4 Å². The number of carbonyl (C=O) groups excluding carboxylic acids is 1. The minimum atomic E-state index is -0.189. The standard InChI is InChI=1S/C16H21N5O2/c1-12(14-4-2-9-23-14)20-16(22)18-11-13-5-7-17-15(10-13)21-8-3-6-19-21/h3,5-8,10,12,14H,2,4,9,11H2,1H3,(H2,18,20,22)/t12-,14-/m0/s1. The van der Waals surface area contributed by atoms with Crippen molar-refractivity contribution in [1.29, 1.82) is 0 Å². The second-order valence-electron chi connectivity index (χ2n) is 5.64. The van der Waals surface area contributed by atoms with Crippen molar-refractivity contribution in [2.45, 2.75) is 38.5 Å². The summed E-state index contributed by atoms with van der Waals surface area (Å²) in [6.45, 7) is 3.18. The predicted molar refractivity (Wildman–Crippen MR) is 85.2 cm³/mol. The van der Waals surface area contributed by atoms with E-state index in [-0.39, 0.29) is 18.2 Å². The number of nitrogens with zero attached hydrogens (tertiary/aromatic N) is 3. The van der Waals surface area contributed by atoms with Gasteiger partial charge in [-0.05, 0) is 43.5 Å². The van der Waals surface area contributed by atoms with Crippen LogP contribution >= 0.6 is 0 Å². The molecule has 0 unspecified atom stereocenters. The first-order valence-corrected chi connectivity index (χ1v) is 7.83. The fraction of sp³-hybridized carbons (Fsp3) is 0.438. The van der Waals surface area contributed by atoms with Crippen molar-refractivity contribution < 1.29 is 9.53 Å². The van der Waals surface area contributed by atoms with Gasteiger partial charge in [0.1, 0.15) is 0 Å². The number of urea groups is 1. The summed E-state index contributed by atoms with van der Waals surface area (Å²) in [5, 5.41) is 9.94. The number of hydrogen-bond donors (Lipinski definition) is 2. The molecule has 3 heterocycles. The van der Waals surface area contributed by atoms with Gasteiger partial charge < -0.3 is 15.4 Å². The van der Waals surface area contributed by atoms with Crippen molar-refractivity contribution in [2.24, 2.45) is 0 Å². The molecular weight excluding hydrogens is 294 g/mol. The summed E-state index contributed by atoms with van der Waals surface area (Å²) in [6.07, 6.45) is 7.42. The molecule has 2 amide bonds. The first-order chi connectivity index (χ1) is 11.2. The fourth-order valence-electron chi connectivity index (χ4n) is 2.63. The molecule has 2 atom stereocenters. The molecule has 7 nitrogen and oxygen atoms in total. The molecule has 1 fully saturated rings. The lowest BCUT2D eigenvalue weighted by Gasteiger charge is -2.20. The molecule has 2 aromatic rings. The molecular formula is C16H21N5O2. The zero-order valence-corrected chi connectivity index (χ0v) is 13.1. The van der Waals surface area contributed by atoms with Gasteiger partial charge in [-0.1, -0.05) is 0 Å². The summed E-state index contributed by atoms with van der Waals surface area (Å²) in [4.78, 5) is 16.3. The van der Waals surface area contributed by atoms with E-state index in [1.807, 2.05) is 31.3 Å². The number of amides is 2. The van der Waals surface area contributed by atoms with Crippen LogP contribution in [0.5, 0.6) is 0 Å². The zero-order chi connectivity index (χ0) is 16.1. The van der Waals surface area contributed by atoms with Crippen molar-refractivity contribution in [3.63, 3.8) is 0 Å². The van der Waals surface area contributed by atoms with E-state index in [1.54, 1.807) is 17.1 Å². The first kappa shape index (κ1) is 15.5. The van der Waals surface area contributed by atoms with Crippen molar-refractivity contribution in [2.75, 3.05) is 6.61 Å². The van der Waals surface area contributed by atoms with E-state index in [1.165, 1.54) is 0 Å². The Bertz CT molecular complexity index is 638. The van der Waals surface area contributed by atoms with Crippen LogP contribution in [0, 0.1) is 0 Å². The smallest absolute Gasteiger partial charge is 0.315 e. The topological polar surface area (TPSA) is 81.1 Å². The van der Waals surface area contributed by atoms with Crippen LogP contribution in [-0.2, 0) is 11.3 Å². The Labute approximate surface area is 135 Å². The van der Waals surface area contributed by atoms with Gasteiger partial charge in [-0.25, -0.2) is 14.5 Å². The molecule has 0 spiro atoms. The summed E-state index contributed by atoms with van der Waals surface area (Å²) in [7, 11) is 0. The van der Waals surface area contributed by atoms with Gasteiger partial charge in [0.25, 0.3) is 0 Å². The fourth-order valence-corrected chi connectivity index (χ4v) is 2.63. The van der Waals surface area contributed by atoms with Gasteiger partial charge >= 0.3 is 6.03 Å². The van der Waals surface area contributed by atoms with Crippen LogP contribution < -0.4 is 10.6 Å². The Morgan fingerprint density at radius 2 is 2.43 bits per heavy atom. The number of ether oxygens (including phenoxy) is 1. The molecule has 0 bridgehead atoms. The van der Waals surface area contributed by atoms with E-state index in [0.717, 1.165) is 30.8 Å². The van der Waals surface area contributed by atoms with E-state index in [0.29, 0.717) is 6.54 Å². The third-order valence-corrected chi connectivity index (χ3v) is 3.88. The Kier molecular flexibility index (Phi) is 4.87. The number of pyridine rings is 1. The Morgan fingerprint density at radius 1 is 1.52 bits per heavy atom. The quantitative estimate of drug-likeness (QED) is 0.879. The molecule has 2 N–H and O–H groups in total. The van der Waals surface area contributed by atoms with Gasteiger partial charge in [0.15, 0.2) is 5.82 Å². The van der Waals surface area contributed by atoms with Crippen LogP contribution in [0.1, 0.15) is 25.3 Å². The van der Waals surface area contributed by atoms with E-state index >= 15 is 0 Å². The number of aromatic nitrogens is 3. The Balaban J connectivity index is 1.51. The highest BCUT2D eigenvalue weighted by Crippen LogP contribution is 2.15. The third kappa shape index (κ3) is 4.07. The summed E-state index contributed by atoms with van der Waals surface area (Å²) in [6, 6.07) is 5.43. The van der Waals surface area contributed by atoms with Gasteiger partial charge in [0.2, 0.25) is 0 Å². The van der Waals surface area contributed by atoms with Crippen LogP contribution in [0.2, 0.25) is 0 Å². The maximum Gasteiger partial charge on any atom is 0.315 e. The summed E-state index contributed by atoms with van der Waals surface area (Å²) in [5.74, 6) is 0.724. The van der Waals surface area contributed by atoms with Crippen LogP contribution in [0.25, 0.3) is 5.82 Å². The Morgan fingerprint density at radius 3 is 3.17 bits per heavy atom. The first-order valence-electron chi connectivity index (χ1n) is 7.83. The number of nitrogens with one attached hydrogen (secondary N) is 2. The number of carbonyl (C=O) groups is 1. The molecule has 1 aliphatic heterocycles. The van der Waals surface area contributed by atoms with E-state index in [4.69, 9.17) is 4.74 Å². The maximum atomic E-state index is 12.0. The highest BCUT2D eigenvalue weighted by atomic mass is 16.5. The van der Waals surface area contributed by atoms with Crippen molar-refractivity contribution in [3.8, 4) is 5.82 Å². The SMILES string of the molecule is C[C@H](NC(=O)NCc1ccnc(-n2cccn2)c1)[C@@H]1CCCO1. The van der Waals surface area contributed by atoms with Crippen LogP contribution in [0.3, 0.4) is 0 Å². The van der Waals surface area contributed by atoms with Crippen LogP contribution in [-0.4, -0.2) is 39.5 Å². The molecule has 122 valence electrons. The number of hydrogen-bond acceptors (Lipinski definition) is 4. The normalized spacial score (nSPS) is 18.6. The van der Waals surface area contributed by atoms with Crippen molar-refractivity contribution >= 4 is 6.03 Å². The van der Waals surface area contributed by atoms with Crippen LogP contribution in [0.15, 0.2) is 36.8 Å². The lowest BCUT2D eigenvalue weighted by molar-refractivity contribution is 0.0860. The second kappa shape index (κ2) is 7.23. The molecule has 1 aliphatic rings. The number of rotatable bonds is 5. The molecule has 3 rings (SSSR count). The summed E-state index contributed by atoms with van der Waals surface area (Å²) < 4.78 is 7.26. The van der Waals surface area contributed by atoms with Gasteiger partial charge in [-0.3, -0.25) is 0 Å². The molecule has 2 aromatic heterocycles. The third-order valence-electron chi connectivity index (χ3n) is 3.88. The van der Waals surface area contributed by atoms with Crippen molar-refractivity contribution in [1.82, 2.24) is 25.4 Å². The summed E-state index contributed by atoms with van der Waals surface area (Å²) in [5.41, 5.74) is 0.963. The van der Waals surface area contributed by atoms with Crippen LogP contribution in [0.4, 0.5) is 4.79 Å². The average molecular weight is 315 g/mol. The van der Waals surface area contributed by atoms with Gasteiger partial charge in [-0.2, -0.15) is 5.10 Å². The summed E-state index contributed by atoms with van der Waals surface area (Å²) >= 11 is 0. The molecule has 1 saturated heterocycles. The molecule has 7 heteroatoms. The average Bonchev–Trinajstić information content (AvgIpc) is 3.26. The maximum absolute atomic E-state index is 12.0. The predicted octanol–water partition coefficient (Wildman–Crippen LogP) is 1.63. The van der Waals surface area contributed by atoms with Gasteiger partial charge in [0.05, 0.1) is 12.1 Å². The minimum Gasteiger partial charge on any atom is -0.376 e. The van der Waals surface area contributed by atoms with Gasteiger partial charge in [-0.15, -0.1) is 0 Å². The molecule has 0 saturated carbocycles. The van der Waals surface area contributed by atoms with Gasteiger partial charge in [0, 0.05) is 31.7 Å².